The van der Waals surface area contributed by atoms with Crippen LogP contribution in [-0.2, 0) is 13.1 Å². The summed E-state index contributed by atoms with van der Waals surface area (Å²) in [6.07, 6.45) is 11.6. The van der Waals surface area contributed by atoms with Gasteiger partial charge in [-0.2, -0.15) is 5.10 Å². The molecule has 3 nitrogen and oxygen atoms in total. The standard InChI is InChI=1S/C16H25N3/c1-4-10-19-12-16(14(3)18-19)11-17-13(2)15-8-6-5-7-9-15/h4,8,12-13,17H,1,5-7,9-11H2,2-3H3/t13-/m1/s1. The molecule has 0 saturated heterocycles. The predicted molar refractivity (Wildman–Crippen MR) is 80.0 cm³/mol. The summed E-state index contributed by atoms with van der Waals surface area (Å²) in [6, 6.07) is 0.474. The quantitative estimate of drug-likeness (QED) is 0.794. The van der Waals surface area contributed by atoms with Gasteiger partial charge in [-0.05, 0) is 39.5 Å². The lowest BCUT2D eigenvalue weighted by atomic mass is 9.94. The van der Waals surface area contributed by atoms with Crippen molar-refractivity contribution >= 4 is 0 Å². The molecule has 0 radical (unpaired) electrons. The molecule has 1 aliphatic rings. The molecule has 3 heteroatoms. The van der Waals surface area contributed by atoms with Gasteiger partial charge in [0.25, 0.3) is 0 Å². The smallest absolute Gasteiger partial charge is 0.0638 e. The van der Waals surface area contributed by atoms with E-state index in [1.807, 2.05) is 10.8 Å². The van der Waals surface area contributed by atoms with Gasteiger partial charge in [0.05, 0.1) is 12.2 Å². The first-order chi connectivity index (χ1) is 9.20. The third kappa shape index (κ3) is 3.80. The van der Waals surface area contributed by atoms with Crippen LogP contribution < -0.4 is 5.32 Å². The molecule has 1 aliphatic carbocycles. The third-order valence-electron chi connectivity index (χ3n) is 3.85. The third-order valence-corrected chi connectivity index (χ3v) is 3.85. The van der Waals surface area contributed by atoms with Crippen LogP contribution in [0.4, 0.5) is 0 Å². The second-order valence-electron chi connectivity index (χ2n) is 5.38. The highest BCUT2D eigenvalue weighted by Gasteiger charge is 2.12. The van der Waals surface area contributed by atoms with Crippen molar-refractivity contribution in [3.8, 4) is 0 Å². The Labute approximate surface area is 116 Å². The van der Waals surface area contributed by atoms with Crippen LogP contribution in [0.1, 0.15) is 43.9 Å². The lowest BCUT2D eigenvalue weighted by Crippen LogP contribution is -2.28. The van der Waals surface area contributed by atoms with Crippen LogP contribution in [0, 0.1) is 6.92 Å². The van der Waals surface area contributed by atoms with Gasteiger partial charge in [0.15, 0.2) is 0 Å². The first-order valence-corrected chi connectivity index (χ1v) is 7.27. The van der Waals surface area contributed by atoms with Crippen LogP contribution in [-0.4, -0.2) is 15.8 Å². The van der Waals surface area contributed by atoms with Gasteiger partial charge in [0.2, 0.25) is 0 Å². The molecule has 0 fully saturated rings. The highest BCUT2D eigenvalue weighted by Crippen LogP contribution is 2.20. The molecule has 1 aromatic rings. The second-order valence-corrected chi connectivity index (χ2v) is 5.38. The summed E-state index contributed by atoms with van der Waals surface area (Å²) in [4.78, 5) is 0. The summed E-state index contributed by atoms with van der Waals surface area (Å²) in [7, 11) is 0. The van der Waals surface area contributed by atoms with Gasteiger partial charge in [-0.15, -0.1) is 6.58 Å². The first-order valence-electron chi connectivity index (χ1n) is 7.27. The molecule has 104 valence electrons. The van der Waals surface area contributed by atoms with Crippen molar-refractivity contribution in [3.63, 3.8) is 0 Å². The Morgan fingerprint density at radius 3 is 3.05 bits per heavy atom. The van der Waals surface area contributed by atoms with Gasteiger partial charge >= 0.3 is 0 Å². The molecule has 0 saturated carbocycles. The molecule has 1 atom stereocenters. The minimum absolute atomic E-state index is 0.474. The number of nitrogens with one attached hydrogen (secondary N) is 1. The first kappa shape index (κ1) is 14.1. The van der Waals surface area contributed by atoms with Crippen LogP contribution in [0.25, 0.3) is 0 Å². The lowest BCUT2D eigenvalue weighted by Gasteiger charge is -2.20. The van der Waals surface area contributed by atoms with Crippen molar-refractivity contribution in [2.24, 2.45) is 0 Å². The van der Waals surface area contributed by atoms with Crippen molar-refractivity contribution in [2.75, 3.05) is 0 Å². The number of nitrogens with zero attached hydrogens (tertiary/aromatic N) is 2. The molecule has 1 heterocycles. The molecule has 0 amide bonds. The normalized spacial score (nSPS) is 17.1. The zero-order valence-electron chi connectivity index (χ0n) is 12.2. The predicted octanol–water partition coefficient (Wildman–Crippen LogP) is 3.36. The van der Waals surface area contributed by atoms with E-state index in [-0.39, 0.29) is 0 Å². The Bertz CT molecular complexity index is 457. The Morgan fingerprint density at radius 1 is 1.53 bits per heavy atom. The van der Waals surface area contributed by atoms with Crippen LogP contribution in [0.5, 0.6) is 0 Å². The molecule has 0 unspecified atom stereocenters. The molecule has 0 spiro atoms. The number of aryl methyl sites for hydroxylation is 1. The maximum Gasteiger partial charge on any atom is 0.0638 e. The molecule has 0 bridgehead atoms. The van der Waals surface area contributed by atoms with E-state index in [1.165, 1.54) is 31.2 Å². The van der Waals surface area contributed by atoms with Crippen LogP contribution in [0.15, 0.2) is 30.5 Å². The molecular weight excluding hydrogens is 234 g/mol. The van der Waals surface area contributed by atoms with Crippen molar-refractivity contribution < 1.29 is 0 Å². The van der Waals surface area contributed by atoms with Gasteiger partial charge in [-0.25, -0.2) is 0 Å². The average molecular weight is 259 g/mol. The zero-order chi connectivity index (χ0) is 13.7. The van der Waals surface area contributed by atoms with Crippen molar-refractivity contribution in [3.05, 3.63) is 41.8 Å². The number of aromatic nitrogens is 2. The minimum atomic E-state index is 0.474. The maximum absolute atomic E-state index is 4.48. The molecule has 1 N–H and O–H groups in total. The van der Waals surface area contributed by atoms with E-state index in [0.29, 0.717) is 6.04 Å². The van der Waals surface area contributed by atoms with E-state index < -0.39 is 0 Å². The maximum atomic E-state index is 4.48. The topological polar surface area (TPSA) is 29.9 Å². The van der Waals surface area contributed by atoms with E-state index in [1.54, 1.807) is 5.57 Å². The van der Waals surface area contributed by atoms with E-state index in [2.05, 4.69) is 43.1 Å². The van der Waals surface area contributed by atoms with Crippen LogP contribution in [0.2, 0.25) is 0 Å². The molecule has 2 rings (SSSR count). The van der Waals surface area contributed by atoms with Crippen molar-refractivity contribution in [1.29, 1.82) is 0 Å². The Balaban J connectivity index is 1.90. The zero-order valence-corrected chi connectivity index (χ0v) is 12.2. The van der Waals surface area contributed by atoms with Crippen LogP contribution >= 0.6 is 0 Å². The summed E-state index contributed by atoms with van der Waals surface area (Å²) in [5.74, 6) is 0. The van der Waals surface area contributed by atoms with Gasteiger partial charge in [-0.3, -0.25) is 4.68 Å². The van der Waals surface area contributed by atoms with E-state index >= 15 is 0 Å². The number of hydrogen-bond donors (Lipinski definition) is 1. The highest BCUT2D eigenvalue weighted by molar-refractivity contribution is 5.17. The van der Waals surface area contributed by atoms with Crippen molar-refractivity contribution in [1.82, 2.24) is 15.1 Å². The van der Waals surface area contributed by atoms with Gasteiger partial charge in [0, 0.05) is 24.3 Å². The number of rotatable bonds is 6. The monoisotopic (exact) mass is 259 g/mol. The molecular formula is C16H25N3. The summed E-state index contributed by atoms with van der Waals surface area (Å²) in [6.45, 7) is 9.75. The fraction of sp³-hybridized carbons (Fsp3) is 0.562. The van der Waals surface area contributed by atoms with Gasteiger partial charge < -0.3 is 5.32 Å². The Hall–Kier alpha value is -1.35. The summed E-state index contributed by atoms with van der Waals surface area (Å²) in [5.41, 5.74) is 3.96. The van der Waals surface area contributed by atoms with E-state index in [9.17, 15) is 0 Å². The average Bonchev–Trinajstić information content (AvgIpc) is 2.78. The van der Waals surface area contributed by atoms with E-state index in [0.717, 1.165) is 18.8 Å². The summed E-state index contributed by atoms with van der Waals surface area (Å²) < 4.78 is 1.95. The lowest BCUT2D eigenvalue weighted by molar-refractivity contribution is 0.558. The second kappa shape index (κ2) is 6.71. The fourth-order valence-corrected chi connectivity index (χ4v) is 2.61. The van der Waals surface area contributed by atoms with Crippen molar-refractivity contribution in [2.45, 2.75) is 58.7 Å². The van der Waals surface area contributed by atoms with Crippen LogP contribution in [0.3, 0.4) is 0 Å². The Morgan fingerprint density at radius 2 is 2.37 bits per heavy atom. The van der Waals surface area contributed by atoms with Gasteiger partial charge in [0.1, 0.15) is 0 Å². The molecule has 1 aromatic heterocycles. The molecule has 0 aromatic carbocycles. The highest BCUT2D eigenvalue weighted by atomic mass is 15.3. The Kier molecular flexibility index (Phi) is 4.97. The number of hydrogen-bond acceptors (Lipinski definition) is 2. The fourth-order valence-electron chi connectivity index (χ4n) is 2.61. The minimum Gasteiger partial charge on any atom is -0.306 e. The SMILES string of the molecule is C=CCn1cc(CN[C@H](C)C2=CCCCC2)c(C)n1. The summed E-state index contributed by atoms with van der Waals surface area (Å²) in [5, 5.41) is 8.10. The largest absolute Gasteiger partial charge is 0.306 e. The van der Waals surface area contributed by atoms with Gasteiger partial charge in [-0.1, -0.05) is 17.7 Å². The van der Waals surface area contributed by atoms with E-state index in [4.69, 9.17) is 0 Å². The molecule has 0 aliphatic heterocycles. The summed E-state index contributed by atoms with van der Waals surface area (Å²) >= 11 is 0. The number of allylic oxidation sites excluding steroid dienone is 2. The molecule has 19 heavy (non-hydrogen) atoms.